The minimum atomic E-state index is -3.02. The summed E-state index contributed by atoms with van der Waals surface area (Å²) < 4.78 is 28.6. The van der Waals surface area contributed by atoms with Gasteiger partial charge in [-0.2, -0.15) is 0 Å². The normalized spacial score (nSPS) is 37.0. The second-order valence-corrected chi connectivity index (χ2v) is 9.13. The predicted octanol–water partition coefficient (Wildman–Crippen LogP) is 2.43. The second-order valence-electron chi connectivity index (χ2n) is 6.90. The van der Waals surface area contributed by atoms with Crippen molar-refractivity contribution in [1.82, 2.24) is 0 Å². The van der Waals surface area contributed by atoms with Gasteiger partial charge in [-0.3, -0.25) is 4.79 Å². The quantitative estimate of drug-likeness (QED) is 0.751. The third kappa shape index (κ3) is 3.74. The number of hydrogen-bond donors (Lipinski definition) is 0. The van der Waals surface area contributed by atoms with Crippen molar-refractivity contribution in [2.24, 2.45) is 23.7 Å². The Hall–Kier alpha value is -0.580. The van der Waals surface area contributed by atoms with E-state index in [-0.39, 0.29) is 23.6 Å². The molecule has 1 aliphatic heterocycles. The van der Waals surface area contributed by atoms with Gasteiger partial charge in [0.15, 0.2) is 9.84 Å². The molecular weight excluding hydrogens is 276 g/mol. The summed E-state index contributed by atoms with van der Waals surface area (Å²) in [5.74, 6) is 0.846. The molecule has 0 aromatic carbocycles. The van der Waals surface area contributed by atoms with Gasteiger partial charge >= 0.3 is 5.97 Å². The SMILES string of the molecule is CC(C)[C@H]1CC[C@@H](C)C[C@H]1OC(=O)[C@H]1CCS(=O)(=O)C1. The Labute approximate surface area is 122 Å². The van der Waals surface area contributed by atoms with Gasteiger partial charge in [0, 0.05) is 0 Å². The minimum Gasteiger partial charge on any atom is -0.462 e. The van der Waals surface area contributed by atoms with Crippen LogP contribution in [0, 0.1) is 23.7 Å². The van der Waals surface area contributed by atoms with Crippen LogP contribution in [0.4, 0.5) is 0 Å². The predicted molar refractivity (Wildman–Crippen MR) is 78.0 cm³/mol. The van der Waals surface area contributed by atoms with Gasteiger partial charge in [-0.25, -0.2) is 8.42 Å². The van der Waals surface area contributed by atoms with Gasteiger partial charge in [0.2, 0.25) is 0 Å². The molecule has 2 aliphatic rings. The van der Waals surface area contributed by atoms with Crippen LogP contribution in [0.3, 0.4) is 0 Å². The Bertz CT molecular complexity index is 454. The van der Waals surface area contributed by atoms with Crippen molar-refractivity contribution in [2.75, 3.05) is 11.5 Å². The molecule has 4 nitrogen and oxygen atoms in total. The molecule has 0 spiro atoms. The zero-order valence-corrected chi connectivity index (χ0v) is 13.5. The molecule has 0 unspecified atom stereocenters. The molecule has 2 fully saturated rings. The Balaban J connectivity index is 1.98. The summed E-state index contributed by atoms with van der Waals surface area (Å²) in [5, 5.41) is 0. The monoisotopic (exact) mass is 302 g/mol. The molecule has 0 radical (unpaired) electrons. The third-order valence-corrected chi connectivity index (χ3v) is 6.56. The van der Waals surface area contributed by atoms with E-state index in [1.807, 2.05) is 0 Å². The molecule has 2 rings (SSSR count). The highest BCUT2D eigenvalue weighted by molar-refractivity contribution is 7.91. The molecule has 0 aromatic heterocycles. The maximum absolute atomic E-state index is 12.2. The van der Waals surface area contributed by atoms with E-state index < -0.39 is 15.8 Å². The Kier molecular flexibility index (Phi) is 4.77. The molecule has 4 atom stereocenters. The molecule has 0 bridgehead atoms. The molecule has 1 saturated heterocycles. The van der Waals surface area contributed by atoms with Crippen LogP contribution in [0.25, 0.3) is 0 Å². The largest absolute Gasteiger partial charge is 0.462 e. The van der Waals surface area contributed by atoms with Crippen LogP contribution in [-0.4, -0.2) is 32.0 Å². The van der Waals surface area contributed by atoms with E-state index in [4.69, 9.17) is 4.74 Å². The highest BCUT2D eigenvalue weighted by atomic mass is 32.2. The molecule has 5 heteroatoms. The summed E-state index contributed by atoms with van der Waals surface area (Å²) in [6, 6.07) is 0. The number of esters is 1. The molecule has 0 N–H and O–H groups in total. The number of hydrogen-bond acceptors (Lipinski definition) is 4. The molecule has 20 heavy (non-hydrogen) atoms. The van der Waals surface area contributed by atoms with Crippen LogP contribution in [0.1, 0.15) is 46.5 Å². The lowest BCUT2D eigenvalue weighted by Crippen LogP contribution is -2.37. The van der Waals surface area contributed by atoms with Crippen molar-refractivity contribution in [2.45, 2.75) is 52.6 Å². The van der Waals surface area contributed by atoms with E-state index in [2.05, 4.69) is 20.8 Å². The van der Waals surface area contributed by atoms with Crippen LogP contribution in [-0.2, 0) is 19.4 Å². The average molecular weight is 302 g/mol. The number of carbonyl (C=O) groups excluding carboxylic acids is 1. The fourth-order valence-corrected chi connectivity index (χ4v) is 5.20. The van der Waals surface area contributed by atoms with Crippen LogP contribution in [0.15, 0.2) is 0 Å². The second kappa shape index (κ2) is 6.04. The number of rotatable bonds is 3. The summed E-state index contributed by atoms with van der Waals surface area (Å²) in [4.78, 5) is 12.2. The van der Waals surface area contributed by atoms with Gasteiger partial charge in [-0.1, -0.05) is 27.2 Å². The van der Waals surface area contributed by atoms with Crippen LogP contribution < -0.4 is 0 Å². The van der Waals surface area contributed by atoms with Gasteiger partial charge < -0.3 is 4.74 Å². The van der Waals surface area contributed by atoms with E-state index in [1.165, 1.54) is 6.42 Å². The standard InChI is InChI=1S/C15H26O4S/c1-10(2)13-5-4-11(3)8-14(13)19-15(16)12-6-7-20(17,18)9-12/h10-14H,4-9H2,1-3H3/t11-,12+,13-,14-/m1/s1. The zero-order chi connectivity index (χ0) is 14.9. The van der Waals surface area contributed by atoms with Crippen molar-refractivity contribution in [1.29, 1.82) is 0 Å². The molecule has 1 heterocycles. The van der Waals surface area contributed by atoms with Crippen LogP contribution in [0.2, 0.25) is 0 Å². The maximum Gasteiger partial charge on any atom is 0.310 e. The molecule has 1 saturated carbocycles. The third-order valence-electron chi connectivity index (χ3n) is 4.79. The molecule has 0 aromatic rings. The van der Waals surface area contributed by atoms with Crippen molar-refractivity contribution in [3.63, 3.8) is 0 Å². The highest BCUT2D eigenvalue weighted by Gasteiger charge is 2.38. The molecule has 0 amide bonds. The average Bonchev–Trinajstić information content (AvgIpc) is 2.69. The summed E-state index contributed by atoms with van der Waals surface area (Å²) >= 11 is 0. The maximum atomic E-state index is 12.2. The summed E-state index contributed by atoms with van der Waals surface area (Å²) in [6.07, 6.45) is 3.59. The smallest absolute Gasteiger partial charge is 0.310 e. The lowest BCUT2D eigenvalue weighted by atomic mass is 9.75. The van der Waals surface area contributed by atoms with E-state index in [1.54, 1.807) is 0 Å². The first kappa shape index (κ1) is 15.8. The highest BCUT2D eigenvalue weighted by Crippen LogP contribution is 2.36. The summed E-state index contributed by atoms with van der Waals surface area (Å²) in [5.41, 5.74) is 0. The van der Waals surface area contributed by atoms with Gasteiger partial charge in [0.25, 0.3) is 0 Å². The summed E-state index contributed by atoms with van der Waals surface area (Å²) in [6.45, 7) is 6.53. The first-order valence-electron chi connectivity index (χ1n) is 7.69. The number of carbonyl (C=O) groups is 1. The van der Waals surface area contributed by atoms with Gasteiger partial charge in [-0.15, -0.1) is 0 Å². The topological polar surface area (TPSA) is 60.4 Å². The fourth-order valence-electron chi connectivity index (χ4n) is 3.48. The molecular formula is C15H26O4S. The Morgan fingerprint density at radius 2 is 1.90 bits per heavy atom. The van der Waals surface area contributed by atoms with E-state index in [9.17, 15) is 13.2 Å². The minimum absolute atomic E-state index is 0.0273. The van der Waals surface area contributed by atoms with Crippen LogP contribution >= 0.6 is 0 Å². The molecule has 116 valence electrons. The summed E-state index contributed by atoms with van der Waals surface area (Å²) in [7, 11) is -3.02. The van der Waals surface area contributed by atoms with Gasteiger partial charge in [0.1, 0.15) is 6.10 Å². The first-order valence-corrected chi connectivity index (χ1v) is 9.51. The number of ether oxygens (including phenoxy) is 1. The van der Waals surface area contributed by atoms with E-state index in [0.717, 1.165) is 12.8 Å². The van der Waals surface area contributed by atoms with Crippen molar-refractivity contribution < 1.29 is 17.9 Å². The number of sulfone groups is 1. The van der Waals surface area contributed by atoms with Crippen molar-refractivity contribution in [3.05, 3.63) is 0 Å². The van der Waals surface area contributed by atoms with Crippen molar-refractivity contribution >= 4 is 15.8 Å². The Morgan fingerprint density at radius 3 is 2.45 bits per heavy atom. The van der Waals surface area contributed by atoms with E-state index >= 15 is 0 Å². The van der Waals surface area contributed by atoms with Gasteiger partial charge in [-0.05, 0) is 37.0 Å². The lowest BCUT2D eigenvalue weighted by Gasteiger charge is -2.37. The lowest BCUT2D eigenvalue weighted by molar-refractivity contribution is -0.160. The van der Waals surface area contributed by atoms with Crippen molar-refractivity contribution in [3.8, 4) is 0 Å². The Morgan fingerprint density at radius 1 is 1.20 bits per heavy atom. The first-order chi connectivity index (χ1) is 9.28. The zero-order valence-electron chi connectivity index (χ0n) is 12.7. The fraction of sp³-hybridized carbons (Fsp3) is 0.933. The van der Waals surface area contributed by atoms with Crippen LogP contribution in [0.5, 0.6) is 0 Å². The van der Waals surface area contributed by atoms with Gasteiger partial charge in [0.05, 0.1) is 17.4 Å². The molecule has 1 aliphatic carbocycles. The van der Waals surface area contributed by atoms with E-state index in [0.29, 0.717) is 24.2 Å².